The van der Waals surface area contributed by atoms with Crippen molar-refractivity contribution in [1.29, 1.82) is 5.26 Å². The largest absolute Gasteiger partial charge is 0.294 e. The van der Waals surface area contributed by atoms with Crippen molar-refractivity contribution >= 4 is 33.2 Å². The molecule has 3 aromatic rings. The lowest BCUT2D eigenvalue weighted by Gasteiger charge is -2.10. The summed E-state index contributed by atoms with van der Waals surface area (Å²) in [6.07, 6.45) is 0. The molecule has 0 aliphatic heterocycles. The summed E-state index contributed by atoms with van der Waals surface area (Å²) in [5.41, 5.74) is 1.68. The normalized spacial score (nSPS) is 10.7. The van der Waals surface area contributed by atoms with Gasteiger partial charge in [0.15, 0.2) is 0 Å². The Hall–Kier alpha value is -2.09. The van der Waals surface area contributed by atoms with Crippen molar-refractivity contribution < 1.29 is 0 Å². The third-order valence-corrected chi connectivity index (χ3v) is 4.89. The number of thiophene rings is 1. The van der Waals surface area contributed by atoms with Crippen LogP contribution in [0.4, 0.5) is 0 Å². The molecule has 0 radical (unpaired) electrons. The summed E-state index contributed by atoms with van der Waals surface area (Å²) in [4.78, 5) is 13.3. The Balaban J connectivity index is 2.32. The topological polar surface area (TPSA) is 45.8 Å². The molecule has 0 fully saturated rings. The minimum absolute atomic E-state index is 0.0154. The van der Waals surface area contributed by atoms with Crippen molar-refractivity contribution in [1.82, 2.24) is 4.57 Å². The van der Waals surface area contributed by atoms with Crippen molar-refractivity contribution in [3.05, 3.63) is 67.8 Å². The number of aromatic nitrogens is 1. The van der Waals surface area contributed by atoms with Gasteiger partial charge in [0.05, 0.1) is 11.6 Å². The van der Waals surface area contributed by atoms with E-state index in [1.165, 1.54) is 11.3 Å². The molecule has 1 aromatic carbocycles. The van der Waals surface area contributed by atoms with Crippen molar-refractivity contribution in [3.63, 3.8) is 0 Å². The van der Waals surface area contributed by atoms with Crippen LogP contribution in [0.15, 0.2) is 40.5 Å². The number of rotatable bonds is 2. The predicted octanol–water partition coefficient (Wildman–Crippen LogP) is 3.94. The zero-order chi connectivity index (χ0) is 15.0. The van der Waals surface area contributed by atoms with Crippen molar-refractivity contribution in [2.45, 2.75) is 13.5 Å². The minimum atomic E-state index is -0.333. The molecule has 0 saturated carbocycles. The molecule has 0 N–H and O–H groups in total. The van der Waals surface area contributed by atoms with Crippen molar-refractivity contribution in [2.75, 3.05) is 0 Å². The van der Waals surface area contributed by atoms with Crippen LogP contribution in [0.25, 0.3) is 10.2 Å². The Morgan fingerprint density at radius 3 is 2.71 bits per heavy atom. The first-order valence-electron chi connectivity index (χ1n) is 6.37. The van der Waals surface area contributed by atoms with Crippen LogP contribution in [0, 0.1) is 18.3 Å². The molecule has 2 heterocycles. The molecule has 0 atom stereocenters. The third-order valence-electron chi connectivity index (χ3n) is 3.39. The Bertz CT molecular complexity index is 919. The first-order chi connectivity index (χ1) is 10.1. The van der Waals surface area contributed by atoms with Gasteiger partial charge in [-0.2, -0.15) is 5.26 Å². The van der Waals surface area contributed by atoms with Gasteiger partial charge in [-0.05, 0) is 23.4 Å². The quantitative estimate of drug-likeness (QED) is 0.719. The van der Waals surface area contributed by atoms with Crippen molar-refractivity contribution in [3.8, 4) is 6.07 Å². The number of nitrogens with zero attached hydrogens (tertiary/aromatic N) is 2. The van der Waals surface area contributed by atoms with Gasteiger partial charge in [-0.15, -0.1) is 11.3 Å². The summed E-state index contributed by atoms with van der Waals surface area (Å²) in [5.74, 6) is 0. The van der Waals surface area contributed by atoms with E-state index in [9.17, 15) is 10.1 Å². The van der Waals surface area contributed by atoms with Crippen LogP contribution in [-0.4, -0.2) is 4.57 Å². The van der Waals surface area contributed by atoms with E-state index in [-0.39, 0.29) is 16.1 Å². The smallest absolute Gasteiger partial charge is 0.271 e. The summed E-state index contributed by atoms with van der Waals surface area (Å²) < 4.78 is 1.63. The molecule has 0 saturated heterocycles. The average molecular weight is 315 g/mol. The van der Waals surface area contributed by atoms with Gasteiger partial charge in [-0.25, -0.2) is 0 Å². The lowest BCUT2D eigenvalue weighted by atomic mass is 10.1. The second kappa shape index (κ2) is 5.36. The highest BCUT2D eigenvalue weighted by Crippen LogP contribution is 2.32. The molecule has 5 heteroatoms. The van der Waals surface area contributed by atoms with E-state index in [4.69, 9.17) is 11.6 Å². The highest BCUT2D eigenvalue weighted by Gasteiger charge is 2.18. The van der Waals surface area contributed by atoms with E-state index < -0.39 is 0 Å². The Kier molecular flexibility index (Phi) is 3.54. The highest BCUT2D eigenvalue weighted by molar-refractivity contribution is 7.17. The number of halogens is 1. The Morgan fingerprint density at radius 2 is 2.05 bits per heavy atom. The molecule has 3 nitrogen and oxygen atoms in total. The van der Waals surface area contributed by atoms with E-state index >= 15 is 0 Å². The van der Waals surface area contributed by atoms with E-state index in [0.717, 1.165) is 21.3 Å². The molecule has 0 aliphatic carbocycles. The summed E-state index contributed by atoms with van der Waals surface area (Å²) in [6, 6.07) is 11.6. The number of hydrogen-bond acceptors (Lipinski definition) is 3. The number of hydrogen-bond donors (Lipinski definition) is 0. The number of pyridine rings is 1. The lowest BCUT2D eigenvalue weighted by molar-refractivity contribution is 0.798. The molecule has 21 heavy (non-hydrogen) atoms. The van der Waals surface area contributed by atoms with E-state index in [2.05, 4.69) is 0 Å². The number of fused-ring (bicyclic) bond motifs is 1. The van der Waals surface area contributed by atoms with Gasteiger partial charge in [0.2, 0.25) is 0 Å². The first-order valence-corrected chi connectivity index (χ1v) is 7.63. The average Bonchev–Trinajstić information content (AvgIpc) is 2.87. The number of benzene rings is 1. The van der Waals surface area contributed by atoms with Gasteiger partial charge >= 0.3 is 0 Å². The molecule has 104 valence electrons. The molecular formula is C16H11ClN2OS. The predicted molar refractivity (Wildman–Crippen MR) is 86.1 cm³/mol. The zero-order valence-electron chi connectivity index (χ0n) is 11.3. The maximum atomic E-state index is 12.5. The first kappa shape index (κ1) is 13.9. The monoisotopic (exact) mass is 314 g/mol. The van der Waals surface area contributed by atoms with E-state index in [0.29, 0.717) is 6.54 Å². The van der Waals surface area contributed by atoms with Gasteiger partial charge in [0.25, 0.3) is 5.56 Å². The number of nitriles is 1. The van der Waals surface area contributed by atoms with Gasteiger partial charge in [-0.3, -0.25) is 9.36 Å². The van der Waals surface area contributed by atoms with Crippen LogP contribution in [0.1, 0.15) is 16.7 Å². The molecule has 0 amide bonds. The standard InChI is InChI=1S/C16H11ClN2OS/c1-10-9-21-16-13(10)14(17)12(7-18)15(20)19(16)8-11-5-3-2-4-6-11/h2-6,9H,8H2,1H3. The third kappa shape index (κ3) is 2.25. The van der Waals surface area contributed by atoms with Crippen LogP contribution >= 0.6 is 22.9 Å². The second-order valence-electron chi connectivity index (χ2n) is 4.78. The summed E-state index contributed by atoms with van der Waals surface area (Å²) in [6.45, 7) is 2.37. The number of aryl methyl sites for hydroxylation is 1. The van der Waals surface area contributed by atoms with Crippen LogP contribution in [0.2, 0.25) is 5.02 Å². The summed E-state index contributed by atoms with van der Waals surface area (Å²) in [5, 5.41) is 12.3. The molecular weight excluding hydrogens is 304 g/mol. The molecule has 0 unspecified atom stereocenters. The van der Waals surface area contributed by atoms with Gasteiger partial charge < -0.3 is 0 Å². The fraction of sp³-hybridized carbons (Fsp3) is 0.125. The van der Waals surface area contributed by atoms with Crippen LogP contribution in [0.3, 0.4) is 0 Å². The van der Waals surface area contributed by atoms with Gasteiger partial charge in [0, 0.05) is 5.39 Å². The van der Waals surface area contributed by atoms with Crippen LogP contribution < -0.4 is 5.56 Å². The molecule has 3 rings (SSSR count). The molecule has 0 aliphatic rings. The maximum absolute atomic E-state index is 12.5. The fourth-order valence-electron chi connectivity index (χ4n) is 2.35. The van der Waals surface area contributed by atoms with Crippen LogP contribution in [-0.2, 0) is 6.54 Å². The second-order valence-corrected chi connectivity index (χ2v) is 6.01. The Labute approximate surface area is 130 Å². The van der Waals surface area contributed by atoms with Gasteiger partial charge in [-0.1, -0.05) is 41.9 Å². The highest BCUT2D eigenvalue weighted by atomic mass is 35.5. The van der Waals surface area contributed by atoms with Gasteiger partial charge in [0.1, 0.15) is 16.5 Å². The lowest BCUT2D eigenvalue weighted by Crippen LogP contribution is -2.23. The van der Waals surface area contributed by atoms with Crippen molar-refractivity contribution in [2.24, 2.45) is 0 Å². The van der Waals surface area contributed by atoms with Crippen LogP contribution in [0.5, 0.6) is 0 Å². The fourth-order valence-corrected chi connectivity index (χ4v) is 3.83. The zero-order valence-corrected chi connectivity index (χ0v) is 12.8. The maximum Gasteiger partial charge on any atom is 0.271 e. The van der Waals surface area contributed by atoms with E-state index in [1.54, 1.807) is 4.57 Å². The summed E-state index contributed by atoms with van der Waals surface area (Å²) in [7, 11) is 0. The molecule has 2 aromatic heterocycles. The Morgan fingerprint density at radius 1 is 1.33 bits per heavy atom. The molecule has 0 bridgehead atoms. The molecule has 0 spiro atoms. The minimum Gasteiger partial charge on any atom is -0.294 e. The van der Waals surface area contributed by atoms with E-state index in [1.807, 2.05) is 48.7 Å². The summed E-state index contributed by atoms with van der Waals surface area (Å²) >= 11 is 7.72. The SMILES string of the molecule is Cc1csc2c1c(Cl)c(C#N)c(=O)n2Cc1ccccc1.